The number of nitrogens with zero attached hydrogens (tertiary/aromatic N) is 1. The third-order valence-electron chi connectivity index (χ3n) is 10.3. The molecular formula is C41H35BF10NO2P. The van der Waals surface area contributed by atoms with Gasteiger partial charge in [0.05, 0.1) is 5.69 Å². The number of hydrogen-bond acceptors (Lipinski definition) is 3. The summed E-state index contributed by atoms with van der Waals surface area (Å²) >= 11 is 0. The molecule has 1 heterocycles. The van der Waals surface area contributed by atoms with Crippen molar-refractivity contribution in [2.24, 2.45) is 0 Å². The summed E-state index contributed by atoms with van der Waals surface area (Å²) in [6.45, 7) is 10.4. The molecule has 0 bridgehead atoms. The standard InChI is InChI=1S/C41H35BF10NO2P/c1-9-41(8)19-56(39-22(4)15-20(2)16-23(39)5,40-24(6)17-21(3)18-25(40)7)55-42(54-53(41)26-13-11-10-12-14-26,27-29(43)33(47)37(51)34(48)30(27)44)28-31(45)35(49)38(52)36(50)32(28)46/h9-18H,1,19H2,2-8H3/t41-/m1/s1. The van der Waals surface area contributed by atoms with Crippen LogP contribution in [0, 0.1) is 99.7 Å². The molecular weight excluding hydrogens is 770 g/mol. The number of halogens is 10. The van der Waals surface area contributed by atoms with E-state index in [-0.39, 0.29) is 11.8 Å². The monoisotopic (exact) mass is 805 g/mol. The van der Waals surface area contributed by atoms with Gasteiger partial charge in [-0.05, 0) is 82.9 Å². The van der Waals surface area contributed by atoms with Crippen LogP contribution in [-0.4, -0.2) is 18.3 Å². The third-order valence-corrected chi connectivity index (χ3v) is 14.9. The van der Waals surface area contributed by atoms with Crippen molar-refractivity contribution in [3.05, 3.63) is 159 Å². The van der Waals surface area contributed by atoms with Crippen molar-refractivity contribution in [2.75, 3.05) is 11.2 Å². The van der Waals surface area contributed by atoms with E-state index in [1.165, 1.54) is 37.3 Å². The fourth-order valence-electron chi connectivity index (χ4n) is 8.29. The summed E-state index contributed by atoms with van der Waals surface area (Å²) in [7, 11) is -4.29. The van der Waals surface area contributed by atoms with Gasteiger partial charge in [0.25, 0.3) is 0 Å². The van der Waals surface area contributed by atoms with Gasteiger partial charge in [0.1, 0.15) is 45.6 Å². The molecule has 0 aromatic heterocycles. The Morgan fingerprint density at radius 2 is 0.929 bits per heavy atom. The second-order valence-electron chi connectivity index (χ2n) is 14.5. The van der Waals surface area contributed by atoms with Gasteiger partial charge in [0.2, 0.25) is 0 Å². The van der Waals surface area contributed by atoms with E-state index in [0.717, 1.165) is 16.2 Å². The summed E-state index contributed by atoms with van der Waals surface area (Å²) in [6, 6.07) is 14.2. The lowest BCUT2D eigenvalue weighted by atomic mass is 9.46. The predicted octanol–water partition coefficient (Wildman–Crippen LogP) is 9.48. The molecule has 1 fully saturated rings. The van der Waals surface area contributed by atoms with Crippen molar-refractivity contribution >= 4 is 41.3 Å². The molecule has 0 spiro atoms. The van der Waals surface area contributed by atoms with E-state index >= 15 is 35.1 Å². The molecule has 1 saturated heterocycles. The summed E-state index contributed by atoms with van der Waals surface area (Å²) in [5.74, 6) is -26.4. The van der Waals surface area contributed by atoms with Crippen LogP contribution < -0.4 is 26.6 Å². The number of para-hydroxylation sites is 1. The van der Waals surface area contributed by atoms with Crippen LogP contribution >= 0.6 is 7.49 Å². The lowest BCUT2D eigenvalue weighted by Crippen LogP contribution is -2.70. The Bertz CT molecular complexity index is 2220. The zero-order chi connectivity index (χ0) is 41.4. The van der Waals surface area contributed by atoms with Gasteiger partial charge in [0, 0.05) is 0 Å². The Kier molecular flexibility index (Phi) is 10.5. The molecule has 5 aromatic carbocycles. The zero-order valence-corrected chi connectivity index (χ0v) is 32.2. The first kappa shape index (κ1) is 41.0. The van der Waals surface area contributed by atoms with Crippen LogP contribution in [0.1, 0.15) is 40.3 Å². The van der Waals surface area contributed by atoms with E-state index in [4.69, 9.17) is 9.20 Å². The number of benzene rings is 5. The van der Waals surface area contributed by atoms with Gasteiger partial charge in [0.15, 0.2) is 42.4 Å². The highest BCUT2D eigenvalue weighted by atomic mass is 31.2. The molecule has 15 heteroatoms. The minimum Gasteiger partial charge on any atom is -0.444 e. The molecule has 0 N–H and O–H groups in total. The molecule has 0 amide bonds. The lowest BCUT2D eigenvalue weighted by Gasteiger charge is -2.47. The fraction of sp³-hybridized carbons (Fsp3) is 0.220. The fourth-order valence-corrected chi connectivity index (χ4v) is 13.6. The van der Waals surface area contributed by atoms with E-state index in [1.807, 2.05) is 0 Å². The summed E-state index contributed by atoms with van der Waals surface area (Å²) in [4.78, 5) is 0. The molecule has 5 aromatic rings. The number of hydrogen-bond donors (Lipinski definition) is 0. The van der Waals surface area contributed by atoms with Gasteiger partial charge < -0.3 is 9.20 Å². The Morgan fingerprint density at radius 1 is 0.589 bits per heavy atom. The van der Waals surface area contributed by atoms with Gasteiger partial charge in [-0.3, -0.25) is 5.06 Å². The number of hydroxylamine groups is 1. The Morgan fingerprint density at radius 3 is 1.27 bits per heavy atom. The molecule has 294 valence electrons. The minimum absolute atomic E-state index is 0.0350. The van der Waals surface area contributed by atoms with Crippen LogP contribution in [0.15, 0.2) is 67.3 Å². The maximum atomic E-state index is 16.7. The highest BCUT2D eigenvalue weighted by molar-refractivity contribution is 7.87. The van der Waals surface area contributed by atoms with Crippen molar-refractivity contribution in [1.82, 2.24) is 0 Å². The highest BCUT2D eigenvalue weighted by Crippen LogP contribution is 2.66. The smallest absolute Gasteiger partial charge is 0.369 e. The van der Waals surface area contributed by atoms with E-state index in [1.54, 1.807) is 71.9 Å². The number of rotatable bonds is 6. The summed E-state index contributed by atoms with van der Waals surface area (Å²) in [5, 5.41) is 1.45. The van der Waals surface area contributed by atoms with Crippen molar-refractivity contribution in [3.8, 4) is 0 Å². The number of aryl methyl sites for hydroxylation is 6. The molecule has 0 saturated carbocycles. The van der Waals surface area contributed by atoms with Crippen LogP contribution in [0.3, 0.4) is 0 Å². The maximum Gasteiger partial charge on any atom is 0.369 e. The van der Waals surface area contributed by atoms with E-state index in [9.17, 15) is 8.78 Å². The quantitative estimate of drug-likeness (QED) is 0.0427. The third kappa shape index (κ3) is 6.12. The van der Waals surface area contributed by atoms with Crippen molar-refractivity contribution in [2.45, 2.75) is 54.0 Å². The number of anilines is 1. The van der Waals surface area contributed by atoms with Crippen molar-refractivity contribution in [3.63, 3.8) is 0 Å². The van der Waals surface area contributed by atoms with Crippen LogP contribution in [0.2, 0.25) is 0 Å². The van der Waals surface area contributed by atoms with Gasteiger partial charge in [-0.25, -0.2) is 43.9 Å². The molecule has 1 atom stereocenters. The average molecular weight is 806 g/mol. The topological polar surface area (TPSA) is 21.7 Å². The van der Waals surface area contributed by atoms with Gasteiger partial charge in [-0.15, -0.1) is 6.58 Å². The lowest BCUT2D eigenvalue weighted by molar-refractivity contribution is 0.196. The SMILES string of the molecule is C=C[C@]1(C)C[P+](c2c(C)cc(C)cc2C)(c2c(C)cc(C)cc2C)O[B-](c2c(F)c(F)c(F)c(F)c2F)(c2c(F)c(F)c(F)c(F)c2F)ON1c1ccccc1. The van der Waals surface area contributed by atoms with Crippen molar-refractivity contribution in [1.29, 1.82) is 0 Å². The van der Waals surface area contributed by atoms with Gasteiger partial charge in [-0.2, -0.15) is 0 Å². The van der Waals surface area contributed by atoms with Crippen LogP contribution in [0.25, 0.3) is 0 Å². The second-order valence-corrected chi connectivity index (χ2v) is 17.4. The van der Waals surface area contributed by atoms with Gasteiger partial charge >= 0.3 is 6.55 Å². The van der Waals surface area contributed by atoms with Crippen molar-refractivity contribution < 1.29 is 53.1 Å². The molecule has 0 aliphatic carbocycles. The zero-order valence-electron chi connectivity index (χ0n) is 31.3. The molecule has 1 aliphatic rings. The van der Waals surface area contributed by atoms with E-state index < -0.39 is 88.7 Å². The summed E-state index contributed by atoms with van der Waals surface area (Å²) < 4.78 is 172. The first-order valence-electron chi connectivity index (χ1n) is 17.3. The normalized spacial score (nSPS) is 17.9. The van der Waals surface area contributed by atoms with E-state index in [2.05, 4.69) is 6.58 Å². The second kappa shape index (κ2) is 14.4. The summed E-state index contributed by atoms with van der Waals surface area (Å²) in [5.41, 5.74) is -2.61. The molecule has 3 nitrogen and oxygen atoms in total. The predicted molar refractivity (Wildman–Crippen MR) is 200 cm³/mol. The molecule has 56 heavy (non-hydrogen) atoms. The highest BCUT2D eigenvalue weighted by Gasteiger charge is 2.63. The first-order chi connectivity index (χ1) is 26.2. The Balaban J connectivity index is 2.01. The van der Waals surface area contributed by atoms with Crippen LogP contribution in [0.5, 0.6) is 0 Å². The molecule has 1 aliphatic heterocycles. The largest absolute Gasteiger partial charge is 0.444 e. The molecule has 0 unspecified atom stereocenters. The first-order valence-corrected chi connectivity index (χ1v) is 19.2. The molecule has 6 rings (SSSR count). The Labute approximate surface area is 317 Å². The van der Waals surface area contributed by atoms with E-state index in [0.29, 0.717) is 32.9 Å². The Hall–Kier alpha value is -4.65. The minimum atomic E-state index is -5.30. The maximum absolute atomic E-state index is 16.7. The molecule has 0 radical (unpaired) electrons. The van der Waals surface area contributed by atoms with Gasteiger partial charge in [-0.1, -0.05) is 70.6 Å². The summed E-state index contributed by atoms with van der Waals surface area (Å²) in [6.07, 6.45) is 0.987. The van der Waals surface area contributed by atoms with Crippen LogP contribution in [0.4, 0.5) is 49.6 Å². The average Bonchev–Trinajstić information content (AvgIpc) is 3.24. The van der Waals surface area contributed by atoms with Crippen LogP contribution in [-0.2, 0) is 9.20 Å².